The number of thioether (sulfide) groups is 1. The average molecular weight is 302 g/mol. The van der Waals surface area contributed by atoms with E-state index in [0.29, 0.717) is 17.9 Å². The molecule has 0 aliphatic rings. The van der Waals surface area contributed by atoms with Crippen LogP contribution in [0.4, 0.5) is 0 Å². The molecule has 0 aliphatic heterocycles. The van der Waals surface area contributed by atoms with Crippen LogP contribution in [0.2, 0.25) is 0 Å². The summed E-state index contributed by atoms with van der Waals surface area (Å²) in [5.41, 5.74) is 0.625. The van der Waals surface area contributed by atoms with Crippen LogP contribution in [-0.2, 0) is 0 Å². The zero-order valence-electron chi connectivity index (χ0n) is 12.2. The highest BCUT2D eigenvalue weighted by Gasteiger charge is 2.07. The van der Waals surface area contributed by atoms with Crippen LogP contribution >= 0.6 is 11.8 Å². The Morgan fingerprint density at radius 1 is 1.05 bits per heavy atom. The third-order valence-corrected chi connectivity index (χ3v) is 3.95. The molecule has 0 saturated heterocycles. The number of hydrogen-bond donors (Lipinski definition) is 0. The topological polar surface area (TPSA) is 35.5 Å². The van der Waals surface area contributed by atoms with E-state index in [1.54, 1.807) is 31.9 Å². The SMILES string of the molecule is COc1ccccc1SCCOc1ccccc1C(C)=O. The molecule has 0 spiro atoms. The molecule has 21 heavy (non-hydrogen) atoms. The second-order valence-corrected chi connectivity index (χ2v) is 5.54. The standard InChI is InChI=1S/C17H18O3S/c1-13(18)14-7-3-4-8-15(14)20-11-12-21-17-10-6-5-9-16(17)19-2/h3-10H,11-12H2,1-2H3. The first-order valence-electron chi connectivity index (χ1n) is 6.71. The van der Waals surface area contributed by atoms with Crippen LogP contribution in [0.3, 0.4) is 0 Å². The Kier molecular flexibility index (Phi) is 5.69. The Morgan fingerprint density at radius 2 is 1.71 bits per heavy atom. The molecule has 2 rings (SSSR count). The molecule has 0 atom stereocenters. The number of methoxy groups -OCH3 is 1. The molecule has 0 saturated carbocycles. The van der Waals surface area contributed by atoms with Crippen LogP contribution in [0.15, 0.2) is 53.4 Å². The minimum Gasteiger partial charge on any atom is -0.496 e. The number of hydrogen-bond acceptors (Lipinski definition) is 4. The molecule has 4 heteroatoms. The fraction of sp³-hybridized carbons (Fsp3) is 0.235. The number of ether oxygens (including phenoxy) is 2. The van der Waals surface area contributed by atoms with Crippen molar-refractivity contribution >= 4 is 17.5 Å². The summed E-state index contributed by atoms with van der Waals surface area (Å²) in [6.07, 6.45) is 0. The van der Waals surface area contributed by atoms with E-state index in [1.807, 2.05) is 42.5 Å². The lowest BCUT2D eigenvalue weighted by Gasteiger charge is -2.10. The highest BCUT2D eigenvalue weighted by molar-refractivity contribution is 7.99. The number of benzene rings is 2. The first-order chi connectivity index (χ1) is 10.2. The molecule has 0 aromatic heterocycles. The zero-order chi connectivity index (χ0) is 15.1. The molecule has 0 radical (unpaired) electrons. The van der Waals surface area contributed by atoms with Crippen molar-refractivity contribution < 1.29 is 14.3 Å². The summed E-state index contributed by atoms with van der Waals surface area (Å²) < 4.78 is 11.0. The van der Waals surface area contributed by atoms with Gasteiger partial charge in [-0.3, -0.25) is 4.79 Å². The predicted octanol–water partition coefficient (Wildman–Crippen LogP) is 4.07. The van der Waals surface area contributed by atoms with Crippen molar-refractivity contribution in [1.29, 1.82) is 0 Å². The molecule has 0 unspecified atom stereocenters. The second kappa shape index (κ2) is 7.74. The fourth-order valence-electron chi connectivity index (χ4n) is 1.92. The van der Waals surface area contributed by atoms with Gasteiger partial charge in [-0.25, -0.2) is 0 Å². The van der Waals surface area contributed by atoms with Gasteiger partial charge < -0.3 is 9.47 Å². The normalized spacial score (nSPS) is 10.2. The van der Waals surface area contributed by atoms with E-state index < -0.39 is 0 Å². The summed E-state index contributed by atoms with van der Waals surface area (Å²) in [4.78, 5) is 12.6. The molecular formula is C17H18O3S. The van der Waals surface area contributed by atoms with Gasteiger partial charge in [-0.1, -0.05) is 24.3 Å². The van der Waals surface area contributed by atoms with Gasteiger partial charge in [0, 0.05) is 10.6 Å². The van der Waals surface area contributed by atoms with Crippen molar-refractivity contribution in [1.82, 2.24) is 0 Å². The Labute approximate surface area is 129 Å². The van der Waals surface area contributed by atoms with Crippen LogP contribution in [0.25, 0.3) is 0 Å². The van der Waals surface area contributed by atoms with E-state index in [1.165, 1.54) is 0 Å². The largest absolute Gasteiger partial charge is 0.496 e. The van der Waals surface area contributed by atoms with Crippen molar-refractivity contribution in [2.75, 3.05) is 19.5 Å². The fourth-order valence-corrected chi connectivity index (χ4v) is 2.78. The number of rotatable bonds is 7. The van der Waals surface area contributed by atoms with Crippen LogP contribution in [0.1, 0.15) is 17.3 Å². The maximum absolute atomic E-state index is 11.5. The zero-order valence-corrected chi connectivity index (χ0v) is 13.0. The first-order valence-corrected chi connectivity index (χ1v) is 7.69. The van der Waals surface area contributed by atoms with Gasteiger partial charge in [0.15, 0.2) is 5.78 Å². The van der Waals surface area contributed by atoms with E-state index in [-0.39, 0.29) is 5.78 Å². The average Bonchev–Trinajstić information content (AvgIpc) is 2.52. The van der Waals surface area contributed by atoms with Crippen LogP contribution in [0, 0.1) is 0 Å². The highest BCUT2D eigenvalue weighted by atomic mass is 32.2. The van der Waals surface area contributed by atoms with Crippen molar-refractivity contribution in [3.05, 3.63) is 54.1 Å². The van der Waals surface area contributed by atoms with E-state index in [2.05, 4.69) is 0 Å². The molecule has 0 amide bonds. The molecule has 2 aromatic rings. The molecule has 0 bridgehead atoms. The highest BCUT2D eigenvalue weighted by Crippen LogP contribution is 2.28. The van der Waals surface area contributed by atoms with Gasteiger partial charge in [-0.05, 0) is 31.2 Å². The lowest BCUT2D eigenvalue weighted by molar-refractivity contribution is 0.101. The molecule has 0 fully saturated rings. The monoisotopic (exact) mass is 302 g/mol. The van der Waals surface area contributed by atoms with Gasteiger partial charge in [0.1, 0.15) is 11.5 Å². The first kappa shape index (κ1) is 15.4. The molecule has 0 heterocycles. The number of para-hydroxylation sites is 2. The summed E-state index contributed by atoms with van der Waals surface area (Å²) in [7, 11) is 1.67. The Bertz CT molecular complexity index is 610. The minimum atomic E-state index is 0.0166. The van der Waals surface area contributed by atoms with Crippen LogP contribution in [-0.4, -0.2) is 25.3 Å². The van der Waals surface area contributed by atoms with Gasteiger partial charge in [0.25, 0.3) is 0 Å². The van der Waals surface area contributed by atoms with Gasteiger partial charge >= 0.3 is 0 Å². The predicted molar refractivity (Wildman–Crippen MR) is 85.7 cm³/mol. The molecular weight excluding hydrogens is 284 g/mol. The number of Topliss-reactive ketones (excluding diaryl/α,β-unsaturated/α-hetero) is 1. The maximum Gasteiger partial charge on any atom is 0.163 e. The quantitative estimate of drug-likeness (QED) is 0.439. The smallest absolute Gasteiger partial charge is 0.163 e. The van der Waals surface area contributed by atoms with Crippen LogP contribution < -0.4 is 9.47 Å². The lowest BCUT2D eigenvalue weighted by atomic mass is 10.1. The Balaban J connectivity index is 1.89. The van der Waals surface area contributed by atoms with Crippen LogP contribution in [0.5, 0.6) is 11.5 Å². The van der Waals surface area contributed by atoms with Crippen molar-refractivity contribution in [2.45, 2.75) is 11.8 Å². The summed E-state index contributed by atoms with van der Waals surface area (Å²) >= 11 is 1.67. The van der Waals surface area contributed by atoms with Gasteiger partial charge in [-0.2, -0.15) is 0 Å². The lowest BCUT2D eigenvalue weighted by Crippen LogP contribution is -2.04. The van der Waals surface area contributed by atoms with E-state index in [4.69, 9.17) is 9.47 Å². The number of carbonyl (C=O) groups excluding carboxylic acids is 1. The van der Waals surface area contributed by atoms with Crippen molar-refractivity contribution in [2.24, 2.45) is 0 Å². The minimum absolute atomic E-state index is 0.0166. The molecule has 2 aromatic carbocycles. The Morgan fingerprint density at radius 3 is 2.43 bits per heavy atom. The van der Waals surface area contributed by atoms with Crippen molar-refractivity contribution in [3.63, 3.8) is 0 Å². The number of carbonyl (C=O) groups is 1. The molecule has 110 valence electrons. The molecule has 0 N–H and O–H groups in total. The summed E-state index contributed by atoms with van der Waals surface area (Å²) in [5, 5.41) is 0. The second-order valence-electron chi connectivity index (χ2n) is 4.40. The van der Waals surface area contributed by atoms with Crippen molar-refractivity contribution in [3.8, 4) is 11.5 Å². The Hall–Kier alpha value is -1.94. The summed E-state index contributed by atoms with van der Waals surface area (Å²) in [5.74, 6) is 2.31. The molecule has 3 nitrogen and oxygen atoms in total. The van der Waals surface area contributed by atoms with E-state index >= 15 is 0 Å². The summed E-state index contributed by atoms with van der Waals surface area (Å²) in [6, 6.07) is 15.2. The summed E-state index contributed by atoms with van der Waals surface area (Å²) in [6.45, 7) is 2.08. The van der Waals surface area contributed by atoms with E-state index in [9.17, 15) is 4.79 Å². The van der Waals surface area contributed by atoms with E-state index in [0.717, 1.165) is 16.4 Å². The number of ketones is 1. The van der Waals surface area contributed by atoms with Gasteiger partial charge in [-0.15, -0.1) is 11.8 Å². The molecule has 0 aliphatic carbocycles. The third kappa shape index (κ3) is 4.26. The maximum atomic E-state index is 11.5. The third-order valence-electron chi connectivity index (χ3n) is 2.93. The van der Waals surface area contributed by atoms with Gasteiger partial charge in [0.05, 0.1) is 19.3 Å². The van der Waals surface area contributed by atoms with Gasteiger partial charge in [0.2, 0.25) is 0 Å².